The van der Waals surface area contributed by atoms with E-state index >= 15 is 0 Å². The van der Waals surface area contributed by atoms with Crippen LogP contribution in [0.2, 0.25) is 0 Å². The van der Waals surface area contributed by atoms with Crippen LogP contribution in [0.1, 0.15) is 22.7 Å². The third-order valence-electron chi connectivity index (χ3n) is 2.00. The topological polar surface area (TPSA) is 73.6 Å². The molecule has 2 N–H and O–H groups in total. The van der Waals surface area contributed by atoms with E-state index in [0.29, 0.717) is 0 Å². The van der Waals surface area contributed by atoms with Crippen molar-refractivity contribution < 1.29 is 13.2 Å². The maximum absolute atomic E-state index is 12.3. The average molecular weight is 225 g/mol. The quantitative estimate of drug-likeness (QED) is 0.794. The van der Waals surface area contributed by atoms with Crippen LogP contribution in [0, 0.1) is 22.7 Å². The fourth-order valence-corrected chi connectivity index (χ4v) is 1.13. The molecular formula is C10H6F3N3. The Morgan fingerprint density at radius 3 is 2.12 bits per heavy atom. The van der Waals surface area contributed by atoms with E-state index in [9.17, 15) is 13.2 Å². The first-order valence-electron chi connectivity index (χ1n) is 4.16. The summed E-state index contributed by atoms with van der Waals surface area (Å²) in [6.07, 6.45) is -4.57. The molecule has 0 fully saturated rings. The van der Waals surface area contributed by atoms with Gasteiger partial charge in [0.2, 0.25) is 0 Å². The van der Waals surface area contributed by atoms with Crippen molar-refractivity contribution in [2.45, 2.75) is 12.2 Å². The van der Waals surface area contributed by atoms with Crippen molar-refractivity contribution in [3.63, 3.8) is 0 Å². The number of nitrogens with two attached hydrogens (primary N) is 1. The minimum atomic E-state index is -4.57. The van der Waals surface area contributed by atoms with Gasteiger partial charge >= 0.3 is 6.18 Å². The van der Waals surface area contributed by atoms with E-state index in [4.69, 9.17) is 16.3 Å². The second-order valence-corrected chi connectivity index (χ2v) is 3.05. The molecule has 3 nitrogen and oxygen atoms in total. The van der Waals surface area contributed by atoms with E-state index in [1.807, 2.05) is 0 Å². The van der Waals surface area contributed by atoms with E-state index in [0.717, 1.165) is 18.2 Å². The van der Waals surface area contributed by atoms with Gasteiger partial charge in [-0.05, 0) is 17.7 Å². The van der Waals surface area contributed by atoms with Crippen molar-refractivity contribution in [2.75, 3.05) is 0 Å². The molecule has 0 aliphatic rings. The van der Waals surface area contributed by atoms with Crippen LogP contribution < -0.4 is 5.73 Å². The highest BCUT2D eigenvalue weighted by Gasteiger charge is 2.37. The molecule has 0 aliphatic heterocycles. The molecule has 1 atom stereocenters. The van der Waals surface area contributed by atoms with Crippen LogP contribution >= 0.6 is 0 Å². The lowest BCUT2D eigenvalue weighted by atomic mass is 10.0. The van der Waals surface area contributed by atoms with E-state index in [1.165, 1.54) is 0 Å². The summed E-state index contributed by atoms with van der Waals surface area (Å²) in [5.74, 6) is 0. The van der Waals surface area contributed by atoms with Gasteiger partial charge in [-0.1, -0.05) is 6.07 Å². The van der Waals surface area contributed by atoms with Crippen LogP contribution in [-0.4, -0.2) is 6.18 Å². The minimum Gasteiger partial charge on any atom is -0.316 e. The highest BCUT2D eigenvalue weighted by Crippen LogP contribution is 2.31. The lowest BCUT2D eigenvalue weighted by molar-refractivity contribution is -0.149. The lowest BCUT2D eigenvalue weighted by Crippen LogP contribution is -2.28. The molecule has 0 amide bonds. The number of benzene rings is 1. The van der Waals surface area contributed by atoms with Gasteiger partial charge in [0.15, 0.2) is 0 Å². The zero-order valence-electron chi connectivity index (χ0n) is 7.92. The highest BCUT2D eigenvalue weighted by molar-refractivity contribution is 5.48. The molecule has 16 heavy (non-hydrogen) atoms. The summed E-state index contributed by atoms with van der Waals surface area (Å²) in [4.78, 5) is 0. The van der Waals surface area contributed by atoms with Crippen LogP contribution in [0.25, 0.3) is 0 Å². The molecule has 0 saturated carbocycles. The Morgan fingerprint density at radius 2 is 1.69 bits per heavy atom. The smallest absolute Gasteiger partial charge is 0.316 e. The number of hydrogen-bond donors (Lipinski definition) is 1. The second-order valence-electron chi connectivity index (χ2n) is 3.05. The third-order valence-corrected chi connectivity index (χ3v) is 2.00. The summed E-state index contributed by atoms with van der Waals surface area (Å²) in [5, 5.41) is 17.2. The van der Waals surface area contributed by atoms with Crippen LogP contribution in [0.4, 0.5) is 13.2 Å². The Morgan fingerprint density at radius 1 is 1.12 bits per heavy atom. The molecule has 82 valence electrons. The molecular weight excluding hydrogens is 219 g/mol. The molecule has 0 aliphatic carbocycles. The molecule has 1 rings (SSSR count). The monoisotopic (exact) mass is 225 g/mol. The molecule has 0 spiro atoms. The van der Waals surface area contributed by atoms with Gasteiger partial charge in [0.1, 0.15) is 18.2 Å². The molecule has 0 aromatic heterocycles. The van der Waals surface area contributed by atoms with Crippen LogP contribution in [-0.2, 0) is 0 Å². The molecule has 0 bridgehead atoms. The van der Waals surface area contributed by atoms with Gasteiger partial charge in [0.05, 0.1) is 11.1 Å². The van der Waals surface area contributed by atoms with Gasteiger partial charge < -0.3 is 5.73 Å². The molecule has 0 radical (unpaired) electrons. The Balaban J connectivity index is 3.21. The largest absolute Gasteiger partial charge is 0.407 e. The van der Waals surface area contributed by atoms with Gasteiger partial charge in [0, 0.05) is 0 Å². The minimum absolute atomic E-state index is 0.0284. The van der Waals surface area contributed by atoms with Crippen molar-refractivity contribution in [3.05, 3.63) is 34.9 Å². The Kier molecular flexibility index (Phi) is 3.17. The van der Waals surface area contributed by atoms with Gasteiger partial charge in [-0.2, -0.15) is 23.7 Å². The predicted octanol–water partition coefficient (Wildman–Crippen LogP) is 1.99. The second kappa shape index (κ2) is 4.21. The predicted molar refractivity (Wildman–Crippen MR) is 48.9 cm³/mol. The summed E-state index contributed by atoms with van der Waals surface area (Å²) in [5.41, 5.74) is 4.65. The summed E-state index contributed by atoms with van der Waals surface area (Å²) in [7, 11) is 0. The summed E-state index contributed by atoms with van der Waals surface area (Å²) in [6, 6.07) is 4.44. The Bertz CT molecular complexity index is 480. The zero-order chi connectivity index (χ0) is 12.3. The number of hydrogen-bond acceptors (Lipinski definition) is 3. The van der Waals surface area contributed by atoms with E-state index < -0.39 is 12.2 Å². The Labute approximate surface area is 89.5 Å². The third kappa shape index (κ3) is 2.30. The van der Waals surface area contributed by atoms with Crippen molar-refractivity contribution >= 4 is 0 Å². The first-order chi connectivity index (χ1) is 7.40. The zero-order valence-corrected chi connectivity index (χ0v) is 7.92. The van der Waals surface area contributed by atoms with E-state index in [1.54, 1.807) is 12.1 Å². The normalized spacial score (nSPS) is 12.6. The van der Waals surface area contributed by atoms with Crippen LogP contribution in [0.3, 0.4) is 0 Å². The summed E-state index contributed by atoms with van der Waals surface area (Å²) >= 11 is 0. The fraction of sp³-hybridized carbons (Fsp3) is 0.200. The molecule has 0 saturated heterocycles. The van der Waals surface area contributed by atoms with Crippen molar-refractivity contribution in [1.29, 1.82) is 10.5 Å². The van der Waals surface area contributed by atoms with Crippen LogP contribution in [0.5, 0.6) is 0 Å². The van der Waals surface area contributed by atoms with E-state index in [2.05, 4.69) is 0 Å². The molecule has 0 heterocycles. The van der Waals surface area contributed by atoms with E-state index in [-0.39, 0.29) is 16.7 Å². The summed E-state index contributed by atoms with van der Waals surface area (Å²) < 4.78 is 36.8. The molecule has 1 aromatic carbocycles. The molecule has 1 aromatic rings. The first-order valence-corrected chi connectivity index (χ1v) is 4.16. The maximum atomic E-state index is 12.3. The Hall–Kier alpha value is -2.05. The number of rotatable bonds is 1. The van der Waals surface area contributed by atoms with Gasteiger partial charge in [-0.25, -0.2) is 0 Å². The lowest BCUT2D eigenvalue weighted by Gasteiger charge is -2.16. The highest BCUT2D eigenvalue weighted by atomic mass is 19.4. The van der Waals surface area contributed by atoms with Crippen molar-refractivity contribution in [2.24, 2.45) is 5.73 Å². The van der Waals surface area contributed by atoms with Gasteiger partial charge in [0.25, 0.3) is 0 Å². The first kappa shape index (κ1) is 12.0. The number of nitriles is 2. The van der Waals surface area contributed by atoms with Gasteiger partial charge in [-0.3, -0.25) is 0 Å². The fourth-order valence-electron chi connectivity index (χ4n) is 1.13. The SMILES string of the molecule is N#Cc1ccc([C@@H](N)C(F)(F)F)cc1C#N. The van der Waals surface area contributed by atoms with Crippen molar-refractivity contribution in [3.8, 4) is 12.1 Å². The molecule has 6 heteroatoms. The number of nitrogens with zero attached hydrogens (tertiary/aromatic N) is 2. The number of alkyl halides is 3. The average Bonchev–Trinajstić information content (AvgIpc) is 2.25. The number of halogens is 3. The molecule has 0 unspecified atom stereocenters. The standard InChI is InChI=1S/C10H6F3N3/c11-10(12,13)9(16)6-1-2-7(4-14)8(3-6)5-15/h1-3,9H,16H2/t9-/m1/s1. The summed E-state index contributed by atoms with van der Waals surface area (Å²) in [6.45, 7) is 0. The maximum Gasteiger partial charge on any atom is 0.407 e. The van der Waals surface area contributed by atoms with Crippen LogP contribution in [0.15, 0.2) is 18.2 Å². The van der Waals surface area contributed by atoms with Gasteiger partial charge in [-0.15, -0.1) is 0 Å². The van der Waals surface area contributed by atoms with Crippen molar-refractivity contribution in [1.82, 2.24) is 0 Å².